The van der Waals surface area contributed by atoms with E-state index in [1.165, 1.54) is 0 Å². The number of carbonyl (C=O) groups is 2. The number of carbonyl (C=O) groups excluding carboxylic acids is 1. The summed E-state index contributed by atoms with van der Waals surface area (Å²) in [5, 5.41) is 12.1. The number of carboxylic acid groups (broad SMARTS) is 1. The van der Waals surface area contributed by atoms with E-state index in [1.807, 2.05) is 38.1 Å². The van der Waals surface area contributed by atoms with E-state index in [1.54, 1.807) is 11.8 Å². The van der Waals surface area contributed by atoms with Gasteiger partial charge in [-0.15, -0.1) is 0 Å². The van der Waals surface area contributed by atoms with Crippen LogP contribution in [-0.4, -0.2) is 40.1 Å². The minimum absolute atomic E-state index is 0.0647. The molecule has 1 unspecified atom stereocenters. The van der Waals surface area contributed by atoms with Crippen LogP contribution in [0.2, 0.25) is 0 Å². The average Bonchev–Trinajstić information content (AvgIpc) is 2.88. The van der Waals surface area contributed by atoms with Gasteiger partial charge in [-0.3, -0.25) is 4.79 Å². The zero-order valence-corrected chi connectivity index (χ0v) is 13.6. The molecule has 1 aliphatic rings. The molecule has 0 bridgehead atoms. The zero-order valence-electron chi connectivity index (χ0n) is 12.8. The predicted molar refractivity (Wildman–Crippen MR) is 86.4 cm³/mol. The Balaban J connectivity index is 2.01. The molecule has 0 radical (unpaired) electrons. The highest BCUT2D eigenvalue weighted by molar-refractivity contribution is 7.99. The summed E-state index contributed by atoms with van der Waals surface area (Å²) in [7, 11) is 0. The molecule has 1 heterocycles. The summed E-state index contributed by atoms with van der Waals surface area (Å²) in [4.78, 5) is 23.6. The molecule has 0 spiro atoms. The first-order valence-corrected chi connectivity index (χ1v) is 8.44. The number of carboxylic acids is 1. The van der Waals surface area contributed by atoms with Gasteiger partial charge in [0.2, 0.25) is 5.91 Å². The molecule has 0 saturated carbocycles. The number of amides is 1. The predicted octanol–water partition coefficient (Wildman–Crippen LogP) is 2.09. The largest absolute Gasteiger partial charge is 0.491 e. The lowest BCUT2D eigenvalue weighted by Gasteiger charge is -2.24. The number of rotatable bonds is 6. The smallest absolute Gasteiger partial charge is 0.330 e. The van der Waals surface area contributed by atoms with Crippen molar-refractivity contribution in [1.29, 1.82) is 0 Å². The number of aliphatic carboxylic acids is 1. The maximum absolute atomic E-state index is 12.2. The summed E-state index contributed by atoms with van der Waals surface area (Å²) in [5.41, 5.74) is -0.310. The standard InChI is InChI=1S/C16H21NO4S/c1-11(2)21-13-5-3-4-12(8-13)9-14(18)17-16(15(19)20)6-7-22-10-16/h3-5,8,11H,6-7,9-10H2,1-2H3,(H,17,18)(H,19,20). The van der Waals surface area contributed by atoms with Crippen LogP contribution in [0.15, 0.2) is 24.3 Å². The van der Waals surface area contributed by atoms with E-state index in [0.29, 0.717) is 17.9 Å². The van der Waals surface area contributed by atoms with Crippen molar-refractivity contribution in [3.8, 4) is 5.75 Å². The van der Waals surface area contributed by atoms with Crippen molar-refractivity contribution in [2.24, 2.45) is 0 Å². The lowest BCUT2D eigenvalue weighted by Crippen LogP contribution is -2.55. The number of thioether (sulfide) groups is 1. The van der Waals surface area contributed by atoms with Crippen molar-refractivity contribution in [2.45, 2.75) is 38.3 Å². The maximum Gasteiger partial charge on any atom is 0.330 e. The van der Waals surface area contributed by atoms with E-state index >= 15 is 0 Å². The van der Waals surface area contributed by atoms with Gasteiger partial charge in [-0.2, -0.15) is 11.8 Å². The van der Waals surface area contributed by atoms with Gasteiger partial charge in [-0.25, -0.2) is 4.79 Å². The Hall–Kier alpha value is -1.69. The van der Waals surface area contributed by atoms with Gasteiger partial charge in [0.1, 0.15) is 11.3 Å². The number of hydrogen-bond acceptors (Lipinski definition) is 4. The topological polar surface area (TPSA) is 75.6 Å². The Morgan fingerprint density at radius 1 is 1.45 bits per heavy atom. The monoisotopic (exact) mass is 323 g/mol. The van der Waals surface area contributed by atoms with Crippen LogP contribution in [0.4, 0.5) is 0 Å². The van der Waals surface area contributed by atoms with Crippen LogP contribution in [0.1, 0.15) is 25.8 Å². The average molecular weight is 323 g/mol. The molecule has 2 rings (SSSR count). The molecule has 1 aromatic rings. The Bertz CT molecular complexity index is 553. The van der Waals surface area contributed by atoms with E-state index in [2.05, 4.69) is 5.32 Å². The second kappa shape index (κ2) is 7.05. The molecule has 22 heavy (non-hydrogen) atoms. The fraction of sp³-hybridized carbons (Fsp3) is 0.500. The van der Waals surface area contributed by atoms with Gasteiger partial charge < -0.3 is 15.2 Å². The lowest BCUT2D eigenvalue weighted by atomic mass is 9.98. The molecule has 5 nitrogen and oxygen atoms in total. The van der Waals surface area contributed by atoms with E-state index < -0.39 is 11.5 Å². The SMILES string of the molecule is CC(C)Oc1cccc(CC(=O)NC2(C(=O)O)CCSC2)c1. The third-order valence-electron chi connectivity index (χ3n) is 3.44. The highest BCUT2D eigenvalue weighted by Gasteiger charge is 2.43. The van der Waals surface area contributed by atoms with Crippen LogP contribution < -0.4 is 10.1 Å². The second-order valence-electron chi connectivity index (χ2n) is 5.73. The summed E-state index contributed by atoms with van der Waals surface area (Å²) in [6.45, 7) is 3.88. The molecule has 1 fully saturated rings. The number of benzene rings is 1. The molecule has 0 aromatic heterocycles. The van der Waals surface area contributed by atoms with Crippen molar-refractivity contribution in [3.63, 3.8) is 0 Å². The normalized spacial score (nSPS) is 20.9. The highest BCUT2D eigenvalue weighted by atomic mass is 32.2. The number of nitrogens with one attached hydrogen (secondary N) is 1. The fourth-order valence-corrected chi connectivity index (χ4v) is 3.71. The molecule has 6 heteroatoms. The molecular formula is C16H21NO4S. The Labute approximate surface area is 134 Å². The first-order valence-electron chi connectivity index (χ1n) is 7.29. The maximum atomic E-state index is 12.2. The van der Waals surface area contributed by atoms with E-state index in [4.69, 9.17) is 4.74 Å². The highest BCUT2D eigenvalue weighted by Crippen LogP contribution is 2.28. The van der Waals surface area contributed by atoms with Crippen LogP contribution in [0, 0.1) is 0 Å². The summed E-state index contributed by atoms with van der Waals surface area (Å²) in [6.07, 6.45) is 0.680. The molecule has 1 atom stereocenters. The van der Waals surface area contributed by atoms with Gasteiger partial charge in [0.25, 0.3) is 0 Å². The Morgan fingerprint density at radius 3 is 2.82 bits per heavy atom. The summed E-state index contributed by atoms with van der Waals surface area (Å²) in [5.74, 6) is 0.661. The van der Waals surface area contributed by atoms with Gasteiger partial charge in [0.15, 0.2) is 0 Å². The van der Waals surface area contributed by atoms with Crippen LogP contribution >= 0.6 is 11.8 Å². The van der Waals surface area contributed by atoms with E-state index in [-0.39, 0.29) is 18.4 Å². The first kappa shape index (κ1) is 16.7. The van der Waals surface area contributed by atoms with Gasteiger partial charge >= 0.3 is 5.97 Å². The summed E-state index contributed by atoms with van der Waals surface area (Å²) < 4.78 is 5.60. The molecule has 1 aliphatic heterocycles. The Kier molecular flexibility index (Phi) is 5.34. The van der Waals surface area contributed by atoms with Gasteiger partial charge in [-0.1, -0.05) is 12.1 Å². The lowest BCUT2D eigenvalue weighted by molar-refractivity contribution is -0.146. The molecule has 0 aliphatic carbocycles. The Morgan fingerprint density at radius 2 is 2.23 bits per heavy atom. The summed E-state index contributed by atoms with van der Waals surface area (Å²) in [6, 6.07) is 7.33. The fourth-order valence-electron chi connectivity index (χ4n) is 2.38. The van der Waals surface area contributed by atoms with Crippen molar-refractivity contribution in [2.75, 3.05) is 11.5 Å². The zero-order chi connectivity index (χ0) is 16.2. The minimum atomic E-state index is -1.12. The minimum Gasteiger partial charge on any atom is -0.491 e. The number of ether oxygens (including phenoxy) is 1. The second-order valence-corrected chi connectivity index (χ2v) is 6.83. The van der Waals surface area contributed by atoms with Gasteiger partial charge in [-0.05, 0) is 43.7 Å². The quantitative estimate of drug-likeness (QED) is 0.838. The molecular weight excluding hydrogens is 302 g/mol. The van der Waals surface area contributed by atoms with Gasteiger partial charge in [0.05, 0.1) is 12.5 Å². The van der Waals surface area contributed by atoms with E-state index in [9.17, 15) is 14.7 Å². The third kappa shape index (κ3) is 4.16. The van der Waals surface area contributed by atoms with Crippen molar-refractivity contribution >= 4 is 23.6 Å². The molecule has 1 aromatic carbocycles. The van der Waals surface area contributed by atoms with Gasteiger partial charge in [0, 0.05) is 5.75 Å². The van der Waals surface area contributed by atoms with E-state index in [0.717, 1.165) is 11.3 Å². The number of hydrogen-bond donors (Lipinski definition) is 2. The van der Waals surface area contributed by atoms with Crippen molar-refractivity contribution in [1.82, 2.24) is 5.32 Å². The molecule has 1 saturated heterocycles. The van der Waals surface area contributed by atoms with Crippen molar-refractivity contribution < 1.29 is 19.4 Å². The van der Waals surface area contributed by atoms with Crippen LogP contribution in [0.3, 0.4) is 0 Å². The molecule has 2 N–H and O–H groups in total. The van der Waals surface area contributed by atoms with Crippen molar-refractivity contribution in [3.05, 3.63) is 29.8 Å². The molecule has 1 amide bonds. The van der Waals surface area contributed by atoms with Crippen LogP contribution in [0.5, 0.6) is 5.75 Å². The van der Waals surface area contributed by atoms with Crippen LogP contribution in [-0.2, 0) is 16.0 Å². The summed E-state index contributed by atoms with van der Waals surface area (Å²) >= 11 is 1.55. The molecule has 120 valence electrons. The first-order chi connectivity index (χ1) is 10.4. The van der Waals surface area contributed by atoms with Crippen LogP contribution in [0.25, 0.3) is 0 Å². The third-order valence-corrected chi connectivity index (χ3v) is 4.63.